The van der Waals surface area contributed by atoms with Crippen LogP contribution in [0.3, 0.4) is 0 Å². The Morgan fingerprint density at radius 2 is 2.09 bits per heavy atom. The first-order valence-electron chi connectivity index (χ1n) is 11.2. The van der Waals surface area contributed by atoms with Crippen molar-refractivity contribution in [3.05, 3.63) is 57.6 Å². The highest BCUT2D eigenvalue weighted by Crippen LogP contribution is 2.33. The minimum atomic E-state index is -0.615. The molecule has 0 spiro atoms. The molecule has 0 unspecified atom stereocenters. The first kappa shape index (κ1) is 24.6. The van der Waals surface area contributed by atoms with Gasteiger partial charge in [0.25, 0.3) is 0 Å². The second-order valence-corrected chi connectivity index (χ2v) is 10.4. The van der Waals surface area contributed by atoms with Gasteiger partial charge in [-0.25, -0.2) is 18.6 Å². The number of amides is 1. The molecule has 1 fully saturated rings. The summed E-state index contributed by atoms with van der Waals surface area (Å²) in [6.07, 6.45) is 1.41. The highest BCUT2D eigenvalue weighted by Gasteiger charge is 2.30. The second-order valence-electron chi connectivity index (χ2n) is 9.51. The summed E-state index contributed by atoms with van der Waals surface area (Å²) >= 11 is 3.34. The molecule has 6 nitrogen and oxygen atoms in total. The highest BCUT2D eigenvalue weighted by molar-refractivity contribution is 9.10. The van der Waals surface area contributed by atoms with Crippen LogP contribution in [0, 0.1) is 12.7 Å². The van der Waals surface area contributed by atoms with Crippen molar-refractivity contribution in [3.63, 3.8) is 0 Å². The molecule has 2 aromatic heterocycles. The van der Waals surface area contributed by atoms with Crippen molar-refractivity contribution < 1.29 is 23.0 Å². The smallest absolute Gasteiger partial charge is 0.410 e. The summed E-state index contributed by atoms with van der Waals surface area (Å²) in [5.41, 5.74) is 2.77. The van der Waals surface area contributed by atoms with Gasteiger partial charge in [0.15, 0.2) is 0 Å². The van der Waals surface area contributed by atoms with Crippen LogP contribution in [0.25, 0.3) is 16.9 Å². The Morgan fingerprint density at radius 3 is 2.76 bits per heavy atom. The van der Waals surface area contributed by atoms with Gasteiger partial charge in [-0.15, -0.1) is 0 Å². The zero-order valence-electron chi connectivity index (χ0n) is 19.7. The molecular formula is C25H28BrF2N3O3. The van der Waals surface area contributed by atoms with Gasteiger partial charge in [0, 0.05) is 29.2 Å². The SMILES string of the molecule is Cc1cc(Br)cc(F)c1-c1nc2cc(CF)ccn2c1C[C@H]1CN(C(=O)OC(C)(C)C)CCO1. The number of nitrogens with zero attached hydrogens (tertiary/aromatic N) is 3. The van der Waals surface area contributed by atoms with Gasteiger partial charge in [-0.1, -0.05) is 15.9 Å². The third-order valence-corrected chi connectivity index (χ3v) is 6.10. The van der Waals surface area contributed by atoms with E-state index in [0.717, 1.165) is 11.3 Å². The number of ether oxygens (including phenoxy) is 2. The molecule has 0 N–H and O–H groups in total. The van der Waals surface area contributed by atoms with Gasteiger partial charge >= 0.3 is 6.09 Å². The number of fused-ring (bicyclic) bond motifs is 1. The third kappa shape index (κ3) is 5.25. The van der Waals surface area contributed by atoms with Crippen molar-refractivity contribution in [1.82, 2.24) is 14.3 Å². The predicted octanol–water partition coefficient (Wildman–Crippen LogP) is 5.86. The molecule has 4 rings (SSSR count). The average Bonchev–Trinajstić information content (AvgIpc) is 3.09. The molecule has 9 heteroatoms. The van der Waals surface area contributed by atoms with Crippen LogP contribution in [0.2, 0.25) is 0 Å². The van der Waals surface area contributed by atoms with E-state index in [1.54, 1.807) is 23.2 Å². The number of morpholine rings is 1. The van der Waals surface area contributed by atoms with Gasteiger partial charge in [-0.3, -0.25) is 0 Å². The van der Waals surface area contributed by atoms with Crippen LogP contribution in [-0.4, -0.2) is 51.8 Å². The summed E-state index contributed by atoms with van der Waals surface area (Å²) < 4.78 is 42.4. The van der Waals surface area contributed by atoms with Crippen molar-refractivity contribution >= 4 is 27.7 Å². The number of pyridine rings is 1. The summed E-state index contributed by atoms with van der Waals surface area (Å²) in [4.78, 5) is 18.9. The van der Waals surface area contributed by atoms with E-state index in [4.69, 9.17) is 14.5 Å². The van der Waals surface area contributed by atoms with Crippen LogP contribution < -0.4 is 0 Å². The van der Waals surface area contributed by atoms with Crippen molar-refractivity contribution in [2.45, 2.75) is 52.5 Å². The van der Waals surface area contributed by atoms with Crippen LogP contribution in [0.4, 0.5) is 13.6 Å². The van der Waals surface area contributed by atoms with Gasteiger partial charge in [-0.05, 0) is 63.1 Å². The van der Waals surface area contributed by atoms with Crippen molar-refractivity contribution in [3.8, 4) is 11.3 Å². The monoisotopic (exact) mass is 535 g/mol. The summed E-state index contributed by atoms with van der Waals surface area (Å²) in [6.45, 7) is 7.84. The third-order valence-electron chi connectivity index (χ3n) is 5.64. The number of hydrogen-bond acceptors (Lipinski definition) is 4. The van der Waals surface area contributed by atoms with Crippen molar-refractivity contribution in [2.24, 2.45) is 0 Å². The van der Waals surface area contributed by atoms with E-state index in [1.807, 2.05) is 38.2 Å². The lowest BCUT2D eigenvalue weighted by Crippen LogP contribution is -2.48. The number of carbonyl (C=O) groups is 1. The van der Waals surface area contributed by atoms with Crippen LogP contribution in [0.5, 0.6) is 0 Å². The van der Waals surface area contributed by atoms with Gasteiger partial charge in [-0.2, -0.15) is 0 Å². The zero-order valence-corrected chi connectivity index (χ0v) is 21.3. The summed E-state index contributed by atoms with van der Waals surface area (Å²) in [5, 5.41) is 0. The fourth-order valence-electron chi connectivity index (χ4n) is 4.17. The van der Waals surface area contributed by atoms with Gasteiger partial charge < -0.3 is 18.8 Å². The lowest BCUT2D eigenvalue weighted by atomic mass is 10.0. The van der Waals surface area contributed by atoms with Crippen molar-refractivity contribution in [2.75, 3.05) is 19.7 Å². The lowest BCUT2D eigenvalue weighted by Gasteiger charge is -2.34. The molecule has 34 heavy (non-hydrogen) atoms. The molecule has 3 aromatic rings. The van der Waals surface area contributed by atoms with Gasteiger partial charge in [0.05, 0.1) is 30.6 Å². The van der Waals surface area contributed by atoms with Gasteiger partial charge in [0.2, 0.25) is 0 Å². The van der Waals surface area contributed by atoms with Crippen LogP contribution in [0.15, 0.2) is 34.9 Å². The molecule has 1 aliphatic heterocycles. The van der Waals surface area contributed by atoms with E-state index in [9.17, 15) is 9.18 Å². The number of carbonyl (C=O) groups excluding carboxylic acids is 1. The Balaban J connectivity index is 1.72. The maximum Gasteiger partial charge on any atom is 0.410 e. The number of benzene rings is 1. The maximum atomic E-state index is 15.1. The van der Waals surface area contributed by atoms with E-state index < -0.39 is 18.1 Å². The van der Waals surface area contributed by atoms with Crippen LogP contribution in [-0.2, 0) is 22.6 Å². The maximum absolute atomic E-state index is 15.1. The molecule has 0 bridgehead atoms. The second kappa shape index (κ2) is 9.62. The molecule has 1 aliphatic rings. The number of aryl methyl sites for hydroxylation is 1. The largest absolute Gasteiger partial charge is 0.444 e. The minimum Gasteiger partial charge on any atom is -0.444 e. The number of halogens is 3. The highest BCUT2D eigenvalue weighted by atomic mass is 79.9. The number of alkyl halides is 1. The Hall–Kier alpha value is -2.52. The molecule has 3 heterocycles. The Labute approximate surface area is 206 Å². The summed E-state index contributed by atoms with van der Waals surface area (Å²) in [5.74, 6) is -0.401. The molecule has 1 aromatic carbocycles. The number of aromatic nitrogens is 2. The first-order valence-corrected chi connectivity index (χ1v) is 12.0. The molecule has 1 atom stereocenters. The molecule has 0 radical (unpaired) electrons. The average molecular weight is 536 g/mol. The van der Waals surface area contributed by atoms with E-state index in [-0.39, 0.29) is 12.2 Å². The Morgan fingerprint density at radius 1 is 1.32 bits per heavy atom. The Kier molecular flexibility index (Phi) is 6.96. The number of rotatable bonds is 4. The van der Waals surface area contributed by atoms with E-state index in [1.165, 1.54) is 6.07 Å². The molecule has 0 saturated carbocycles. The van der Waals surface area contributed by atoms with Crippen molar-refractivity contribution in [1.29, 1.82) is 0 Å². The predicted molar refractivity (Wildman–Crippen MR) is 129 cm³/mol. The number of hydrogen-bond donors (Lipinski definition) is 0. The zero-order chi connectivity index (χ0) is 24.6. The number of imidazole rings is 1. The van der Waals surface area contributed by atoms with Crippen LogP contribution in [0.1, 0.15) is 37.6 Å². The molecule has 182 valence electrons. The quantitative estimate of drug-likeness (QED) is 0.419. The topological polar surface area (TPSA) is 56.1 Å². The summed E-state index contributed by atoms with van der Waals surface area (Å²) in [6, 6.07) is 6.58. The first-order chi connectivity index (χ1) is 16.1. The lowest BCUT2D eigenvalue weighted by molar-refractivity contribution is -0.0418. The summed E-state index contributed by atoms with van der Waals surface area (Å²) in [7, 11) is 0. The fourth-order valence-corrected chi connectivity index (χ4v) is 4.71. The fraction of sp³-hybridized carbons (Fsp3) is 0.440. The van der Waals surface area contributed by atoms with E-state index in [0.29, 0.717) is 53.1 Å². The minimum absolute atomic E-state index is 0.334. The molecule has 1 amide bonds. The van der Waals surface area contributed by atoms with Gasteiger partial charge in [0.1, 0.15) is 23.7 Å². The molecule has 0 aliphatic carbocycles. The van der Waals surface area contributed by atoms with Crippen LogP contribution >= 0.6 is 15.9 Å². The standard InChI is InChI=1S/C25H28BrF2N3O3/c1-15-9-17(26)11-19(28)22(15)23-20(31-6-5-16(13-27)10-21(31)29-23)12-18-14-30(7-8-33-18)24(32)34-25(2,3)4/h5-6,9-11,18H,7-8,12-14H2,1-4H3/t18-/m0/s1. The normalized spacial score (nSPS) is 16.8. The molecule has 1 saturated heterocycles. The molecular weight excluding hydrogens is 508 g/mol. The Bertz CT molecular complexity index is 1200. The van der Waals surface area contributed by atoms with E-state index >= 15 is 4.39 Å². The van der Waals surface area contributed by atoms with E-state index in [2.05, 4.69) is 15.9 Å².